The summed E-state index contributed by atoms with van der Waals surface area (Å²) in [7, 11) is 0. The zero-order chi connectivity index (χ0) is 13.0. The van der Waals surface area contributed by atoms with E-state index in [-0.39, 0.29) is 0 Å². The van der Waals surface area contributed by atoms with Crippen molar-refractivity contribution in [3.05, 3.63) is 34.3 Å². The minimum absolute atomic E-state index is 0.376. The van der Waals surface area contributed by atoms with Gasteiger partial charge in [0, 0.05) is 23.2 Å². The molecule has 0 bridgehead atoms. The summed E-state index contributed by atoms with van der Waals surface area (Å²) in [5.74, 6) is 0. The van der Waals surface area contributed by atoms with Gasteiger partial charge in [-0.15, -0.1) is 0 Å². The Labute approximate surface area is 118 Å². The molecule has 1 aromatic carbocycles. The molecule has 1 N–H and O–H groups in total. The van der Waals surface area contributed by atoms with Gasteiger partial charge < -0.3 is 10.1 Å². The maximum absolute atomic E-state index is 5.72. The molecule has 1 saturated heterocycles. The van der Waals surface area contributed by atoms with Crippen LogP contribution in [0.25, 0.3) is 0 Å². The average molecular weight is 312 g/mol. The highest BCUT2D eigenvalue weighted by Crippen LogP contribution is 2.25. The van der Waals surface area contributed by atoms with E-state index in [9.17, 15) is 0 Å². The minimum atomic E-state index is 0.376. The van der Waals surface area contributed by atoms with Crippen LogP contribution in [0.4, 0.5) is 0 Å². The van der Waals surface area contributed by atoms with Crippen molar-refractivity contribution in [3.8, 4) is 0 Å². The van der Waals surface area contributed by atoms with Crippen molar-refractivity contribution >= 4 is 15.9 Å². The third-order valence-electron chi connectivity index (χ3n) is 3.68. The molecule has 18 heavy (non-hydrogen) atoms. The summed E-state index contributed by atoms with van der Waals surface area (Å²) >= 11 is 3.62. The number of halogens is 1. The fraction of sp³-hybridized carbons (Fsp3) is 0.600. The van der Waals surface area contributed by atoms with Crippen LogP contribution in [-0.4, -0.2) is 18.8 Å². The van der Waals surface area contributed by atoms with E-state index in [0.29, 0.717) is 18.2 Å². The van der Waals surface area contributed by atoms with Crippen molar-refractivity contribution in [2.45, 2.75) is 51.3 Å². The van der Waals surface area contributed by atoms with Crippen LogP contribution in [0.15, 0.2) is 28.7 Å². The summed E-state index contributed by atoms with van der Waals surface area (Å²) in [5.41, 5.74) is 1.33. The quantitative estimate of drug-likeness (QED) is 0.905. The highest BCUT2D eigenvalue weighted by atomic mass is 79.9. The van der Waals surface area contributed by atoms with E-state index in [1.165, 1.54) is 10.0 Å². The standard InChI is InChI=1S/C15H22BrNO/c1-3-13-10-12(8-9-18-13)17-11(2)14-6-4-5-7-15(14)16/h4-7,11-13,17H,3,8-10H2,1-2H3. The van der Waals surface area contributed by atoms with Gasteiger partial charge >= 0.3 is 0 Å². The van der Waals surface area contributed by atoms with Crippen LogP contribution in [0.3, 0.4) is 0 Å². The van der Waals surface area contributed by atoms with E-state index >= 15 is 0 Å². The van der Waals surface area contributed by atoms with E-state index in [2.05, 4.69) is 59.4 Å². The number of benzene rings is 1. The van der Waals surface area contributed by atoms with Gasteiger partial charge in [-0.1, -0.05) is 41.1 Å². The normalized spacial score (nSPS) is 25.9. The van der Waals surface area contributed by atoms with Crippen LogP contribution < -0.4 is 5.32 Å². The fourth-order valence-corrected chi connectivity index (χ4v) is 3.21. The summed E-state index contributed by atoms with van der Waals surface area (Å²) in [6.07, 6.45) is 3.79. The smallest absolute Gasteiger partial charge is 0.0587 e. The Morgan fingerprint density at radius 2 is 2.22 bits per heavy atom. The SMILES string of the molecule is CCC1CC(NC(C)c2ccccc2Br)CCO1. The summed E-state index contributed by atoms with van der Waals surface area (Å²) < 4.78 is 6.90. The Morgan fingerprint density at radius 3 is 2.94 bits per heavy atom. The predicted octanol–water partition coefficient (Wildman–Crippen LogP) is 4.06. The van der Waals surface area contributed by atoms with Gasteiger partial charge in [-0.05, 0) is 37.8 Å². The Hall–Kier alpha value is -0.380. The van der Waals surface area contributed by atoms with Gasteiger partial charge in [-0.25, -0.2) is 0 Å². The number of hydrogen-bond acceptors (Lipinski definition) is 2. The molecule has 3 unspecified atom stereocenters. The summed E-state index contributed by atoms with van der Waals surface area (Å²) in [4.78, 5) is 0. The molecule has 0 aliphatic carbocycles. The van der Waals surface area contributed by atoms with Crippen LogP contribution in [0.5, 0.6) is 0 Å². The monoisotopic (exact) mass is 311 g/mol. The lowest BCUT2D eigenvalue weighted by Crippen LogP contribution is -2.40. The van der Waals surface area contributed by atoms with Gasteiger partial charge in [0.2, 0.25) is 0 Å². The Bertz CT molecular complexity index is 383. The first-order valence-electron chi connectivity index (χ1n) is 6.82. The molecular formula is C15H22BrNO. The molecule has 3 heteroatoms. The number of ether oxygens (including phenoxy) is 1. The van der Waals surface area contributed by atoms with Crippen molar-refractivity contribution in [2.75, 3.05) is 6.61 Å². The minimum Gasteiger partial charge on any atom is -0.378 e. The second-order valence-electron chi connectivity index (χ2n) is 5.03. The zero-order valence-electron chi connectivity index (χ0n) is 11.2. The number of hydrogen-bond donors (Lipinski definition) is 1. The number of rotatable bonds is 4. The first-order chi connectivity index (χ1) is 8.70. The van der Waals surface area contributed by atoms with Crippen LogP contribution in [-0.2, 0) is 4.74 Å². The number of nitrogens with one attached hydrogen (secondary N) is 1. The van der Waals surface area contributed by atoms with E-state index < -0.39 is 0 Å². The lowest BCUT2D eigenvalue weighted by molar-refractivity contribution is -0.00166. The molecule has 0 aromatic heterocycles. The van der Waals surface area contributed by atoms with Gasteiger partial charge in [0.15, 0.2) is 0 Å². The van der Waals surface area contributed by atoms with Crippen LogP contribution in [0.1, 0.15) is 44.7 Å². The first kappa shape index (κ1) is 14.0. The lowest BCUT2D eigenvalue weighted by atomic mass is 9.99. The van der Waals surface area contributed by atoms with Crippen molar-refractivity contribution in [2.24, 2.45) is 0 Å². The maximum atomic E-state index is 5.72. The summed E-state index contributed by atoms with van der Waals surface area (Å²) in [5, 5.41) is 3.73. The molecular weight excluding hydrogens is 290 g/mol. The largest absolute Gasteiger partial charge is 0.378 e. The molecule has 1 fully saturated rings. The molecule has 1 heterocycles. The van der Waals surface area contributed by atoms with Gasteiger partial charge in [-0.2, -0.15) is 0 Å². The molecule has 0 saturated carbocycles. The van der Waals surface area contributed by atoms with E-state index in [1.807, 2.05) is 0 Å². The predicted molar refractivity (Wildman–Crippen MR) is 78.7 cm³/mol. The van der Waals surface area contributed by atoms with Gasteiger partial charge in [0.25, 0.3) is 0 Å². The van der Waals surface area contributed by atoms with Gasteiger partial charge in [0.05, 0.1) is 6.10 Å². The van der Waals surface area contributed by atoms with E-state index in [1.54, 1.807) is 0 Å². The highest BCUT2D eigenvalue weighted by molar-refractivity contribution is 9.10. The lowest BCUT2D eigenvalue weighted by Gasteiger charge is -2.32. The third kappa shape index (κ3) is 3.56. The third-order valence-corrected chi connectivity index (χ3v) is 4.40. The first-order valence-corrected chi connectivity index (χ1v) is 7.62. The molecule has 3 atom stereocenters. The topological polar surface area (TPSA) is 21.3 Å². The zero-order valence-corrected chi connectivity index (χ0v) is 12.7. The Morgan fingerprint density at radius 1 is 1.44 bits per heavy atom. The summed E-state index contributed by atoms with van der Waals surface area (Å²) in [6, 6.07) is 9.39. The second kappa shape index (κ2) is 6.69. The van der Waals surface area contributed by atoms with Gasteiger partial charge in [-0.3, -0.25) is 0 Å². The van der Waals surface area contributed by atoms with Crippen LogP contribution in [0, 0.1) is 0 Å². The molecule has 2 rings (SSSR count). The van der Waals surface area contributed by atoms with Crippen LogP contribution in [0.2, 0.25) is 0 Å². The molecule has 1 aliphatic heterocycles. The molecule has 2 nitrogen and oxygen atoms in total. The Kier molecular flexibility index (Phi) is 5.22. The second-order valence-corrected chi connectivity index (χ2v) is 5.89. The molecule has 1 aromatic rings. The van der Waals surface area contributed by atoms with Crippen LogP contribution >= 0.6 is 15.9 Å². The van der Waals surface area contributed by atoms with Crippen molar-refractivity contribution in [1.82, 2.24) is 5.32 Å². The molecule has 0 radical (unpaired) electrons. The van der Waals surface area contributed by atoms with Crippen molar-refractivity contribution in [1.29, 1.82) is 0 Å². The Balaban J connectivity index is 1.95. The van der Waals surface area contributed by atoms with Crippen molar-refractivity contribution < 1.29 is 4.74 Å². The van der Waals surface area contributed by atoms with E-state index in [4.69, 9.17) is 4.74 Å². The summed E-state index contributed by atoms with van der Waals surface area (Å²) in [6.45, 7) is 5.32. The maximum Gasteiger partial charge on any atom is 0.0587 e. The molecule has 0 amide bonds. The fourth-order valence-electron chi connectivity index (χ4n) is 2.59. The van der Waals surface area contributed by atoms with Gasteiger partial charge in [0.1, 0.15) is 0 Å². The highest BCUT2D eigenvalue weighted by Gasteiger charge is 2.23. The molecule has 100 valence electrons. The molecule has 0 spiro atoms. The molecule has 1 aliphatic rings. The van der Waals surface area contributed by atoms with Crippen molar-refractivity contribution in [3.63, 3.8) is 0 Å². The average Bonchev–Trinajstić information content (AvgIpc) is 2.39. The van der Waals surface area contributed by atoms with E-state index in [0.717, 1.165) is 25.9 Å².